The van der Waals surface area contributed by atoms with Crippen molar-refractivity contribution in [2.24, 2.45) is 0 Å². The highest BCUT2D eigenvalue weighted by atomic mass is 16.5. The molecule has 1 heterocycles. The van der Waals surface area contributed by atoms with Crippen molar-refractivity contribution in [1.82, 2.24) is 15.2 Å². The number of nitrogens with zero attached hydrogens (tertiary/aromatic N) is 1. The first-order valence-corrected chi connectivity index (χ1v) is 6.97. The zero-order valence-electron chi connectivity index (χ0n) is 11.5. The van der Waals surface area contributed by atoms with Gasteiger partial charge in [-0.05, 0) is 37.9 Å². The molecule has 0 radical (unpaired) electrons. The number of nitrogens with one attached hydrogen (secondary N) is 2. The van der Waals surface area contributed by atoms with E-state index in [1.165, 1.54) is 12.8 Å². The quantitative estimate of drug-likeness (QED) is 0.655. The van der Waals surface area contributed by atoms with Crippen molar-refractivity contribution >= 4 is 5.91 Å². The second-order valence-electron chi connectivity index (χ2n) is 4.92. The van der Waals surface area contributed by atoms with Crippen molar-refractivity contribution in [2.75, 3.05) is 26.8 Å². The fourth-order valence-electron chi connectivity index (χ4n) is 1.98. The first-order chi connectivity index (χ1) is 9.31. The Bertz CT molecular complexity index is 399. The van der Waals surface area contributed by atoms with Crippen LogP contribution < -0.4 is 10.6 Å². The van der Waals surface area contributed by atoms with Gasteiger partial charge in [-0.15, -0.1) is 0 Å². The maximum absolute atomic E-state index is 12.0. The topological polar surface area (TPSA) is 55.3 Å². The van der Waals surface area contributed by atoms with Crippen molar-refractivity contribution in [3.8, 4) is 0 Å². The number of carbonyl (C=O) groups is 1. The Morgan fingerprint density at radius 1 is 1.47 bits per heavy atom. The summed E-state index contributed by atoms with van der Waals surface area (Å²) < 4.78 is 6.95. The number of amides is 1. The highest BCUT2D eigenvalue weighted by molar-refractivity contribution is 5.92. The normalized spacial score (nSPS) is 14.6. The van der Waals surface area contributed by atoms with Crippen LogP contribution in [0.1, 0.15) is 29.8 Å². The van der Waals surface area contributed by atoms with Crippen LogP contribution in [0.2, 0.25) is 0 Å². The van der Waals surface area contributed by atoms with Gasteiger partial charge in [0.05, 0.1) is 6.61 Å². The summed E-state index contributed by atoms with van der Waals surface area (Å²) in [5, 5.41) is 6.39. The molecule has 0 unspecified atom stereocenters. The van der Waals surface area contributed by atoms with Crippen LogP contribution in [0.25, 0.3) is 0 Å². The van der Waals surface area contributed by atoms with Gasteiger partial charge in [-0.2, -0.15) is 0 Å². The molecule has 2 N–H and O–H groups in total. The minimum Gasteiger partial charge on any atom is -0.383 e. The van der Waals surface area contributed by atoms with Crippen molar-refractivity contribution in [2.45, 2.75) is 31.8 Å². The van der Waals surface area contributed by atoms with Gasteiger partial charge in [-0.3, -0.25) is 4.79 Å². The van der Waals surface area contributed by atoms with Gasteiger partial charge in [-0.25, -0.2) is 0 Å². The number of ether oxygens (including phenoxy) is 1. The van der Waals surface area contributed by atoms with Crippen LogP contribution in [-0.2, 0) is 11.3 Å². The van der Waals surface area contributed by atoms with Crippen molar-refractivity contribution in [3.63, 3.8) is 0 Å². The lowest BCUT2D eigenvalue weighted by atomic mass is 10.3. The van der Waals surface area contributed by atoms with Crippen LogP contribution in [0.3, 0.4) is 0 Å². The molecule has 1 aliphatic carbocycles. The fraction of sp³-hybridized carbons (Fsp3) is 0.643. The summed E-state index contributed by atoms with van der Waals surface area (Å²) >= 11 is 0. The Hall–Kier alpha value is -1.33. The highest BCUT2D eigenvalue weighted by Crippen LogP contribution is 2.18. The summed E-state index contributed by atoms with van der Waals surface area (Å²) in [6.45, 7) is 3.01. The number of carbonyl (C=O) groups excluding carboxylic acids is 1. The van der Waals surface area contributed by atoms with Crippen molar-refractivity contribution < 1.29 is 9.53 Å². The molecular formula is C14H23N3O2. The third kappa shape index (κ3) is 4.69. The summed E-state index contributed by atoms with van der Waals surface area (Å²) in [6.07, 6.45) is 5.49. The molecule has 1 aliphatic rings. The molecule has 5 heteroatoms. The molecule has 19 heavy (non-hydrogen) atoms. The first-order valence-electron chi connectivity index (χ1n) is 6.97. The van der Waals surface area contributed by atoms with E-state index in [1.807, 2.05) is 22.9 Å². The van der Waals surface area contributed by atoms with Gasteiger partial charge in [0.2, 0.25) is 0 Å². The first kappa shape index (κ1) is 14.1. The Kier molecular flexibility index (Phi) is 5.42. The zero-order chi connectivity index (χ0) is 13.5. The van der Waals surface area contributed by atoms with E-state index in [0.717, 1.165) is 19.0 Å². The Labute approximate surface area is 114 Å². The number of hydrogen-bond acceptors (Lipinski definition) is 3. The van der Waals surface area contributed by atoms with Gasteiger partial charge in [-0.1, -0.05) is 0 Å². The van der Waals surface area contributed by atoms with Crippen LogP contribution in [-0.4, -0.2) is 43.3 Å². The van der Waals surface area contributed by atoms with E-state index in [4.69, 9.17) is 4.74 Å². The van der Waals surface area contributed by atoms with Gasteiger partial charge in [0, 0.05) is 32.4 Å². The minimum atomic E-state index is -0.00692. The smallest absolute Gasteiger partial charge is 0.267 e. The average molecular weight is 265 g/mol. The van der Waals surface area contributed by atoms with E-state index >= 15 is 0 Å². The molecule has 106 valence electrons. The number of aromatic nitrogens is 1. The lowest BCUT2D eigenvalue weighted by Crippen LogP contribution is -2.29. The van der Waals surface area contributed by atoms with Crippen LogP contribution in [0, 0.1) is 0 Å². The minimum absolute atomic E-state index is 0.00692. The monoisotopic (exact) mass is 265 g/mol. The fourth-order valence-corrected chi connectivity index (χ4v) is 1.98. The molecule has 0 bridgehead atoms. The SMILES string of the molecule is COCCn1cccc1C(=O)NCCCNC1CC1. The maximum Gasteiger partial charge on any atom is 0.267 e. The highest BCUT2D eigenvalue weighted by Gasteiger charge is 2.19. The molecular weight excluding hydrogens is 242 g/mol. The summed E-state index contributed by atoms with van der Waals surface area (Å²) in [4.78, 5) is 12.0. The molecule has 1 aromatic rings. The molecule has 5 nitrogen and oxygen atoms in total. The molecule has 0 aliphatic heterocycles. The summed E-state index contributed by atoms with van der Waals surface area (Å²) in [5.41, 5.74) is 0.701. The van der Waals surface area contributed by atoms with E-state index in [-0.39, 0.29) is 5.91 Å². The standard InChI is InChI=1S/C14H23N3O2/c1-19-11-10-17-9-2-4-13(17)14(18)16-8-3-7-15-12-5-6-12/h2,4,9,12,15H,3,5-8,10-11H2,1H3,(H,16,18). The second-order valence-corrected chi connectivity index (χ2v) is 4.92. The van der Waals surface area contributed by atoms with Crippen LogP contribution >= 0.6 is 0 Å². The van der Waals surface area contributed by atoms with Gasteiger partial charge in [0.1, 0.15) is 5.69 Å². The third-order valence-corrected chi connectivity index (χ3v) is 3.25. The molecule has 1 aromatic heterocycles. The van der Waals surface area contributed by atoms with Gasteiger partial charge in [0.25, 0.3) is 5.91 Å². The van der Waals surface area contributed by atoms with E-state index in [2.05, 4.69) is 10.6 Å². The molecule has 0 atom stereocenters. The van der Waals surface area contributed by atoms with Crippen molar-refractivity contribution in [3.05, 3.63) is 24.0 Å². The molecule has 0 aromatic carbocycles. The molecule has 2 rings (SSSR count). The second kappa shape index (κ2) is 7.31. The number of methoxy groups -OCH3 is 1. The van der Waals surface area contributed by atoms with Crippen LogP contribution in [0.4, 0.5) is 0 Å². The van der Waals surface area contributed by atoms with E-state index < -0.39 is 0 Å². The molecule has 1 amide bonds. The van der Waals surface area contributed by atoms with Gasteiger partial charge < -0.3 is 19.9 Å². The molecule has 0 spiro atoms. The molecule has 0 saturated heterocycles. The third-order valence-electron chi connectivity index (χ3n) is 3.25. The molecule has 1 fully saturated rings. The average Bonchev–Trinajstić information content (AvgIpc) is 3.12. The zero-order valence-corrected chi connectivity index (χ0v) is 11.5. The van der Waals surface area contributed by atoms with E-state index in [9.17, 15) is 4.79 Å². The van der Waals surface area contributed by atoms with Gasteiger partial charge in [0.15, 0.2) is 0 Å². The number of hydrogen-bond donors (Lipinski definition) is 2. The Morgan fingerprint density at radius 2 is 2.32 bits per heavy atom. The summed E-state index contributed by atoms with van der Waals surface area (Å²) in [7, 11) is 1.66. The predicted molar refractivity (Wildman–Crippen MR) is 74.3 cm³/mol. The van der Waals surface area contributed by atoms with Gasteiger partial charge >= 0.3 is 0 Å². The Morgan fingerprint density at radius 3 is 3.05 bits per heavy atom. The van der Waals surface area contributed by atoms with E-state index in [0.29, 0.717) is 25.4 Å². The lowest BCUT2D eigenvalue weighted by molar-refractivity contribution is 0.0941. The molecule has 1 saturated carbocycles. The Balaban J connectivity index is 1.67. The predicted octanol–water partition coefficient (Wildman–Crippen LogP) is 1.01. The summed E-state index contributed by atoms with van der Waals surface area (Å²) in [6, 6.07) is 4.47. The van der Waals surface area contributed by atoms with Crippen LogP contribution in [0.5, 0.6) is 0 Å². The van der Waals surface area contributed by atoms with E-state index in [1.54, 1.807) is 7.11 Å². The largest absolute Gasteiger partial charge is 0.383 e. The summed E-state index contributed by atoms with van der Waals surface area (Å²) in [5.74, 6) is -0.00692. The van der Waals surface area contributed by atoms with Crippen LogP contribution in [0.15, 0.2) is 18.3 Å². The van der Waals surface area contributed by atoms with Crippen molar-refractivity contribution in [1.29, 1.82) is 0 Å². The lowest BCUT2D eigenvalue weighted by Gasteiger charge is -2.09. The maximum atomic E-state index is 12.0. The number of rotatable bonds is 9.